The maximum Gasteiger partial charge on any atom is 0.335 e. The lowest BCUT2D eigenvalue weighted by Gasteiger charge is -1.94. The van der Waals surface area contributed by atoms with Crippen LogP contribution in [0.15, 0.2) is 29.4 Å². The second-order valence-corrected chi connectivity index (χ2v) is 2.43. The Bertz CT molecular complexity index is 357. The number of nitrogens with one attached hydrogen (secondary N) is 1. The number of rotatable bonds is 4. The van der Waals surface area contributed by atoms with Crippen LogP contribution in [0.3, 0.4) is 0 Å². The summed E-state index contributed by atoms with van der Waals surface area (Å²) in [5.41, 5.74) is 3.03. The van der Waals surface area contributed by atoms with Gasteiger partial charge in [0.2, 0.25) is 6.41 Å². The lowest BCUT2D eigenvalue weighted by molar-refractivity contribution is -0.109. The molecule has 0 heterocycles. The van der Waals surface area contributed by atoms with Crippen LogP contribution in [0, 0.1) is 0 Å². The van der Waals surface area contributed by atoms with E-state index < -0.39 is 5.97 Å². The van der Waals surface area contributed by atoms with E-state index in [4.69, 9.17) is 5.11 Å². The first-order chi connectivity index (χ1) is 6.74. The Kier molecular flexibility index (Phi) is 3.37. The monoisotopic (exact) mass is 192 g/mol. The first kappa shape index (κ1) is 9.91. The number of hydrogen-bond donors (Lipinski definition) is 2. The van der Waals surface area contributed by atoms with E-state index in [-0.39, 0.29) is 5.56 Å². The van der Waals surface area contributed by atoms with Crippen LogP contribution >= 0.6 is 0 Å². The molecular weight excluding hydrogens is 184 g/mol. The zero-order valence-corrected chi connectivity index (χ0v) is 7.18. The molecule has 0 bridgehead atoms. The number of benzene rings is 1. The van der Waals surface area contributed by atoms with Gasteiger partial charge in [-0.3, -0.25) is 4.79 Å². The van der Waals surface area contributed by atoms with Crippen molar-refractivity contribution in [1.82, 2.24) is 5.43 Å². The van der Waals surface area contributed by atoms with Gasteiger partial charge >= 0.3 is 5.97 Å². The molecule has 14 heavy (non-hydrogen) atoms. The third-order valence-electron chi connectivity index (χ3n) is 1.50. The van der Waals surface area contributed by atoms with E-state index in [0.717, 1.165) is 0 Å². The maximum absolute atomic E-state index is 10.5. The van der Waals surface area contributed by atoms with Crippen LogP contribution in [0.1, 0.15) is 15.9 Å². The zero-order valence-electron chi connectivity index (χ0n) is 7.18. The predicted molar refractivity (Wildman–Crippen MR) is 50.2 cm³/mol. The molecule has 0 aliphatic rings. The van der Waals surface area contributed by atoms with E-state index in [1.54, 1.807) is 12.1 Å². The van der Waals surface area contributed by atoms with Crippen LogP contribution in [0.5, 0.6) is 0 Å². The van der Waals surface area contributed by atoms with Crippen molar-refractivity contribution in [3.8, 4) is 0 Å². The Balaban J connectivity index is 2.73. The molecule has 1 aromatic carbocycles. The molecule has 0 aliphatic carbocycles. The van der Waals surface area contributed by atoms with Gasteiger partial charge < -0.3 is 5.11 Å². The topological polar surface area (TPSA) is 78.8 Å². The van der Waals surface area contributed by atoms with Crippen molar-refractivity contribution in [2.45, 2.75) is 0 Å². The quantitative estimate of drug-likeness (QED) is 0.413. The third kappa shape index (κ3) is 2.71. The number of carbonyl (C=O) groups is 2. The Morgan fingerprint density at radius 2 is 2.00 bits per heavy atom. The minimum Gasteiger partial charge on any atom is -0.478 e. The molecule has 2 N–H and O–H groups in total. The van der Waals surface area contributed by atoms with Gasteiger partial charge in [0.05, 0.1) is 11.8 Å². The first-order valence-electron chi connectivity index (χ1n) is 3.79. The number of nitrogens with zero attached hydrogens (tertiary/aromatic N) is 1. The molecule has 1 aromatic rings. The summed E-state index contributed by atoms with van der Waals surface area (Å²) in [5, 5.41) is 12.1. The molecule has 0 saturated heterocycles. The molecule has 1 amide bonds. The minimum atomic E-state index is -0.973. The van der Waals surface area contributed by atoms with Crippen LogP contribution in [-0.2, 0) is 4.79 Å². The molecule has 1 rings (SSSR count). The summed E-state index contributed by atoms with van der Waals surface area (Å²) in [6.45, 7) is 0. The zero-order chi connectivity index (χ0) is 10.4. The highest BCUT2D eigenvalue weighted by Crippen LogP contribution is 2.01. The molecule has 0 aliphatic heterocycles. The number of hydrogen-bond acceptors (Lipinski definition) is 3. The van der Waals surface area contributed by atoms with Gasteiger partial charge in [0.1, 0.15) is 0 Å². The standard InChI is InChI=1S/C9H8N2O3/c12-6-11-10-5-7-1-3-8(4-2-7)9(13)14/h1-6H,(H,11,12)(H,13,14). The second-order valence-electron chi connectivity index (χ2n) is 2.43. The fourth-order valence-corrected chi connectivity index (χ4v) is 0.854. The van der Waals surface area contributed by atoms with Gasteiger partial charge in [-0.05, 0) is 17.7 Å². The SMILES string of the molecule is O=CNN=Cc1ccc(C(=O)O)cc1. The lowest BCUT2D eigenvalue weighted by atomic mass is 10.1. The van der Waals surface area contributed by atoms with E-state index in [2.05, 4.69) is 10.5 Å². The van der Waals surface area contributed by atoms with Crippen molar-refractivity contribution in [2.24, 2.45) is 5.10 Å². The van der Waals surface area contributed by atoms with Crippen molar-refractivity contribution in [2.75, 3.05) is 0 Å². The van der Waals surface area contributed by atoms with E-state index in [1.807, 2.05) is 0 Å². The van der Waals surface area contributed by atoms with Gasteiger partial charge in [-0.1, -0.05) is 12.1 Å². The van der Waals surface area contributed by atoms with Gasteiger partial charge in [-0.25, -0.2) is 10.2 Å². The van der Waals surface area contributed by atoms with Gasteiger partial charge in [-0.2, -0.15) is 5.10 Å². The minimum absolute atomic E-state index is 0.213. The first-order valence-corrected chi connectivity index (χ1v) is 3.79. The Morgan fingerprint density at radius 3 is 2.50 bits per heavy atom. The normalized spacial score (nSPS) is 10.0. The number of hydrazone groups is 1. The van der Waals surface area contributed by atoms with Crippen molar-refractivity contribution in [3.05, 3.63) is 35.4 Å². The molecule has 5 nitrogen and oxygen atoms in total. The number of carbonyl (C=O) groups excluding carboxylic acids is 1. The molecule has 0 unspecified atom stereocenters. The number of aromatic carboxylic acids is 1. The summed E-state index contributed by atoms with van der Waals surface area (Å²) in [6, 6.07) is 6.12. The fourth-order valence-electron chi connectivity index (χ4n) is 0.854. The molecule has 0 aromatic heterocycles. The van der Waals surface area contributed by atoms with Crippen LogP contribution in [0.2, 0.25) is 0 Å². The number of carboxylic acid groups (broad SMARTS) is 1. The highest BCUT2D eigenvalue weighted by atomic mass is 16.4. The average Bonchev–Trinajstić information content (AvgIpc) is 2.19. The summed E-state index contributed by atoms with van der Waals surface area (Å²) in [7, 11) is 0. The molecule has 0 fully saturated rings. The van der Waals surface area contributed by atoms with Crippen molar-refractivity contribution in [1.29, 1.82) is 0 Å². The number of carboxylic acids is 1. The molecule has 72 valence electrons. The van der Waals surface area contributed by atoms with E-state index in [9.17, 15) is 9.59 Å². The second kappa shape index (κ2) is 4.76. The Hall–Kier alpha value is -2.17. The predicted octanol–water partition coefficient (Wildman–Crippen LogP) is 0.465. The van der Waals surface area contributed by atoms with Crippen molar-refractivity contribution < 1.29 is 14.7 Å². The maximum atomic E-state index is 10.5. The summed E-state index contributed by atoms with van der Waals surface area (Å²) in [4.78, 5) is 20.3. The molecule has 0 radical (unpaired) electrons. The molecule has 0 spiro atoms. The van der Waals surface area contributed by atoms with Crippen molar-refractivity contribution in [3.63, 3.8) is 0 Å². The summed E-state index contributed by atoms with van der Waals surface area (Å²) >= 11 is 0. The molecular formula is C9H8N2O3. The average molecular weight is 192 g/mol. The van der Waals surface area contributed by atoms with Gasteiger partial charge in [0, 0.05) is 0 Å². The van der Waals surface area contributed by atoms with Crippen LogP contribution in [0.4, 0.5) is 0 Å². The number of amides is 1. The molecule has 5 heteroatoms. The molecule has 0 saturated carbocycles. The Morgan fingerprint density at radius 1 is 1.36 bits per heavy atom. The summed E-state index contributed by atoms with van der Waals surface area (Å²) in [6.07, 6.45) is 1.86. The highest BCUT2D eigenvalue weighted by molar-refractivity contribution is 5.89. The van der Waals surface area contributed by atoms with Crippen molar-refractivity contribution >= 4 is 18.6 Å². The Labute approximate surface area is 80.1 Å². The fraction of sp³-hybridized carbons (Fsp3) is 0. The van der Waals surface area contributed by atoms with Crippen LogP contribution in [-0.4, -0.2) is 23.7 Å². The smallest absolute Gasteiger partial charge is 0.335 e. The van der Waals surface area contributed by atoms with E-state index in [0.29, 0.717) is 12.0 Å². The highest BCUT2D eigenvalue weighted by Gasteiger charge is 1.99. The lowest BCUT2D eigenvalue weighted by Crippen LogP contribution is -2.01. The molecule has 0 atom stereocenters. The van der Waals surface area contributed by atoms with Gasteiger partial charge in [0.25, 0.3) is 0 Å². The van der Waals surface area contributed by atoms with E-state index in [1.165, 1.54) is 18.3 Å². The van der Waals surface area contributed by atoms with Gasteiger partial charge in [-0.15, -0.1) is 0 Å². The van der Waals surface area contributed by atoms with E-state index >= 15 is 0 Å². The largest absolute Gasteiger partial charge is 0.478 e. The van der Waals surface area contributed by atoms with Crippen LogP contribution < -0.4 is 5.43 Å². The summed E-state index contributed by atoms with van der Waals surface area (Å²) < 4.78 is 0. The van der Waals surface area contributed by atoms with Crippen LogP contribution in [0.25, 0.3) is 0 Å². The summed E-state index contributed by atoms with van der Waals surface area (Å²) in [5.74, 6) is -0.973. The van der Waals surface area contributed by atoms with Gasteiger partial charge in [0.15, 0.2) is 0 Å². The third-order valence-corrected chi connectivity index (χ3v) is 1.50.